The van der Waals surface area contributed by atoms with Crippen molar-refractivity contribution in [3.05, 3.63) is 29.3 Å². The number of carbonyl (C=O) groups excluding carboxylic acids is 1. The number of rotatable bonds is 3. The molecule has 0 aliphatic carbocycles. The van der Waals surface area contributed by atoms with E-state index in [1.165, 1.54) is 30.5 Å². The molecule has 0 spiro atoms. The number of nitrogens with zero attached hydrogens (tertiary/aromatic N) is 1. The zero-order chi connectivity index (χ0) is 13.1. The summed E-state index contributed by atoms with van der Waals surface area (Å²) in [6.07, 6.45) is 3.86. The van der Waals surface area contributed by atoms with E-state index < -0.39 is 0 Å². The highest BCUT2D eigenvalue weighted by Gasteiger charge is 2.20. The Morgan fingerprint density at radius 3 is 2.39 bits per heavy atom. The van der Waals surface area contributed by atoms with Crippen molar-refractivity contribution in [2.75, 3.05) is 18.0 Å². The Balaban J connectivity index is 2.45. The first kappa shape index (κ1) is 13.1. The lowest BCUT2D eigenvalue weighted by atomic mass is 9.92. The lowest BCUT2D eigenvalue weighted by Crippen LogP contribution is -2.30. The van der Waals surface area contributed by atoms with E-state index in [9.17, 15) is 4.79 Å². The Bertz CT molecular complexity index is 431. The molecule has 1 fully saturated rings. The molecule has 1 aliphatic heterocycles. The highest BCUT2D eigenvalue weighted by atomic mass is 16.1. The molecule has 0 aromatic heterocycles. The summed E-state index contributed by atoms with van der Waals surface area (Å²) in [4.78, 5) is 14.2. The van der Waals surface area contributed by atoms with Crippen LogP contribution in [0, 0.1) is 0 Å². The predicted molar refractivity (Wildman–Crippen MR) is 76.6 cm³/mol. The number of benzene rings is 1. The van der Waals surface area contributed by atoms with Crippen LogP contribution < -0.4 is 4.90 Å². The fourth-order valence-corrected chi connectivity index (χ4v) is 2.88. The van der Waals surface area contributed by atoms with Gasteiger partial charge in [-0.05, 0) is 43.7 Å². The van der Waals surface area contributed by atoms with Crippen LogP contribution in [0.4, 0.5) is 5.69 Å². The predicted octanol–water partition coefficient (Wildman–Crippen LogP) is 4.00. The SMILES string of the molecule is CC(=O)c1cccc(N2CCCCC2)c1C(C)C. The average Bonchev–Trinajstić information content (AvgIpc) is 2.38. The molecule has 1 aliphatic rings. The van der Waals surface area contributed by atoms with E-state index in [2.05, 4.69) is 24.8 Å². The molecule has 0 unspecified atom stereocenters. The molecule has 0 radical (unpaired) electrons. The lowest BCUT2D eigenvalue weighted by Gasteiger charge is -2.32. The number of hydrogen-bond donors (Lipinski definition) is 0. The molecule has 98 valence electrons. The Morgan fingerprint density at radius 1 is 1.17 bits per heavy atom. The Labute approximate surface area is 110 Å². The maximum absolute atomic E-state index is 11.8. The molecular formula is C16H23NO. The first-order valence-electron chi connectivity index (χ1n) is 7.00. The van der Waals surface area contributed by atoms with Gasteiger partial charge in [0.2, 0.25) is 0 Å². The van der Waals surface area contributed by atoms with Crippen LogP contribution in [0.3, 0.4) is 0 Å². The number of hydrogen-bond acceptors (Lipinski definition) is 2. The lowest BCUT2D eigenvalue weighted by molar-refractivity contribution is 0.101. The molecule has 2 rings (SSSR count). The third-order valence-corrected chi connectivity index (χ3v) is 3.74. The van der Waals surface area contributed by atoms with Gasteiger partial charge in [-0.2, -0.15) is 0 Å². The Hall–Kier alpha value is -1.31. The van der Waals surface area contributed by atoms with Gasteiger partial charge < -0.3 is 4.90 Å². The first-order valence-corrected chi connectivity index (χ1v) is 7.00. The van der Waals surface area contributed by atoms with Gasteiger partial charge in [0, 0.05) is 24.3 Å². The van der Waals surface area contributed by atoms with Gasteiger partial charge in [0.1, 0.15) is 0 Å². The molecule has 0 amide bonds. The van der Waals surface area contributed by atoms with Crippen molar-refractivity contribution < 1.29 is 4.79 Å². The molecule has 0 bridgehead atoms. The van der Waals surface area contributed by atoms with Gasteiger partial charge in [-0.1, -0.05) is 26.0 Å². The maximum Gasteiger partial charge on any atom is 0.160 e. The van der Waals surface area contributed by atoms with Crippen molar-refractivity contribution >= 4 is 11.5 Å². The van der Waals surface area contributed by atoms with E-state index in [-0.39, 0.29) is 5.78 Å². The first-order chi connectivity index (χ1) is 8.61. The van der Waals surface area contributed by atoms with E-state index in [0.717, 1.165) is 18.7 Å². The van der Waals surface area contributed by atoms with E-state index in [4.69, 9.17) is 0 Å². The van der Waals surface area contributed by atoms with Crippen molar-refractivity contribution in [1.82, 2.24) is 0 Å². The fraction of sp³-hybridized carbons (Fsp3) is 0.562. The van der Waals surface area contributed by atoms with E-state index in [1.807, 2.05) is 12.1 Å². The zero-order valence-corrected chi connectivity index (χ0v) is 11.7. The number of anilines is 1. The van der Waals surface area contributed by atoms with Crippen LogP contribution in [-0.4, -0.2) is 18.9 Å². The highest BCUT2D eigenvalue weighted by molar-refractivity contribution is 5.97. The van der Waals surface area contributed by atoms with Gasteiger partial charge in [-0.3, -0.25) is 4.79 Å². The monoisotopic (exact) mass is 245 g/mol. The van der Waals surface area contributed by atoms with Crippen LogP contribution >= 0.6 is 0 Å². The number of carbonyl (C=O) groups is 1. The van der Waals surface area contributed by atoms with Crippen LogP contribution in [0.1, 0.15) is 61.9 Å². The molecule has 0 saturated carbocycles. The van der Waals surface area contributed by atoms with Gasteiger partial charge in [-0.25, -0.2) is 0 Å². The van der Waals surface area contributed by atoms with Gasteiger partial charge in [0.25, 0.3) is 0 Å². The third kappa shape index (κ3) is 2.58. The normalized spacial score (nSPS) is 16.1. The zero-order valence-electron chi connectivity index (χ0n) is 11.7. The van der Waals surface area contributed by atoms with E-state index in [0.29, 0.717) is 5.92 Å². The summed E-state index contributed by atoms with van der Waals surface area (Å²) in [5, 5.41) is 0. The van der Waals surface area contributed by atoms with Crippen LogP contribution in [0.15, 0.2) is 18.2 Å². The van der Waals surface area contributed by atoms with Crippen LogP contribution in [0.5, 0.6) is 0 Å². The number of ketones is 1. The van der Waals surface area contributed by atoms with Gasteiger partial charge in [0.05, 0.1) is 0 Å². The van der Waals surface area contributed by atoms with Gasteiger partial charge in [0.15, 0.2) is 5.78 Å². The topological polar surface area (TPSA) is 20.3 Å². The highest BCUT2D eigenvalue weighted by Crippen LogP contribution is 2.32. The summed E-state index contributed by atoms with van der Waals surface area (Å²) in [6.45, 7) is 8.27. The maximum atomic E-state index is 11.8. The summed E-state index contributed by atoms with van der Waals surface area (Å²) in [6, 6.07) is 6.16. The summed E-state index contributed by atoms with van der Waals surface area (Å²) >= 11 is 0. The molecule has 0 N–H and O–H groups in total. The minimum absolute atomic E-state index is 0.178. The van der Waals surface area contributed by atoms with Crippen LogP contribution in [0.2, 0.25) is 0 Å². The molecule has 1 saturated heterocycles. The third-order valence-electron chi connectivity index (χ3n) is 3.74. The average molecular weight is 245 g/mol. The molecule has 1 aromatic rings. The molecule has 1 aromatic carbocycles. The standard InChI is InChI=1S/C16H23NO/c1-12(2)16-14(13(3)18)8-7-9-15(16)17-10-5-4-6-11-17/h7-9,12H,4-6,10-11H2,1-3H3. The Kier molecular flexibility index (Phi) is 4.05. The van der Waals surface area contributed by atoms with Gasteiger partial charge in [-0.15, -0.1) is 0 Å². The smallest absolute Gasteiger partial charge is 0.160 e. The van der Waals surface area contributed by atoms with E-state index in [1.54, 1.807) is 6.92 Å². The second kappa shape index (κ2) is 5.55. The van der Waals surface area contributed by atoms with Crippen LogP contribution in [0.25, 0.3) is 0 Å². The molecular weight excluding hydrogens is 222 g/mol. The molecule has 2 nitrogen and oxygen atoms in total. The quantitative estimate of drug-likeness (QED) is 0.750. The fourth-order valence-electron chi connectivity index (χ4n) is 2.88. The van der Waals surface area contributed by atoms with Crippen molar-refractivity contribution in [3.63, 3.8) is 0 Å². The minimum Gasteiger partial charge on any atom is -0.371 e. The molecule has 2 heteroatoms. The van der Waals surface area contributed by atoms with E-state index >= 15 is 0 Å². The summed E-state index contributed by atoms with van der Waals surface area (Å²) in [7, 11) is 0. The van der Waals surface area contributed by atoms with Crippen molar-refractivity contribution in [3.8, 4) is 0 Å². The van der Waals surface area contributed by atoms with Crippen LogP contribution in [-0.2, 0) is 0 Å². The summed E-state index contributed by atoms with van der Waals surface area (Å²) in [5.74, 6) is 0.569. The van der Waals surface area contributed by atoms with Crippen molar-refractivity contribution in [2.45, 2.75) is 46.0 Å². The summed E-state index contributed by atoms with van der Waals surface area (Å²) < 4.78 is 0. The molecule has 0 atom stereocenters. The van der Waals surface area contributed by atoms with Crippen molar-refractivity contribution in [1.29, 1.82) is 0 Å². The second-order valence-corrected chi connectivity index (χ2v) is 5.50. The minimum atomic E-state index is 0.178. The largest absolute Gasteiger partial charge is 0.371 e. The Morgan fingerprint density at radius 2 is 1.83 bits per heavy atom. The second-order valence-electron chi connectivity index (χ2n) is 5.50. The number of piperidine rings is 1. The van der Waals surface area contributed by atoms with Crippen molar-refractivity contribution in [2.24, 2.45) is 0 Å². The molecule has 18 heavy (non-hydrogen) atoms. The van der Waals surface area contributed by atoms with Gasteiger partial charge >= 0.3 is 0 Å². The number of Topliss-reactive ketones (excluding diaryl/α,β-unsaturated/α-hetero) is 1. The molecule has 1 heterocycles. The summed E-state index contributed by atoms with van der Waals surface area (Å²) in [5.41, 5.74) is 3.40.